The molecule has 0 aromatic rings. The minimum atomic E-state index is -0.933. The fraction of sp³-hybridized carbons (Fsp3) is 0.818. The lowest BCUT2D eigenvalue weighted by Gasteiger charge is -2.03. The van der Waals surface area contributed by atoms with E-state index in [1.165, 1.54) is 0 Å². The van der Waals surface area contributed by atoms with Gasteiger partial charge in [-0.05, 0) is 19.4 Å². The van der Waals surface area contributed by atoms with Gasteiger partial charge in [0.25, 0.3) is 0 Å². The third-order valence-corrected chi connectivity index (χ3v) is 2.69. The van der Waals surface area contributed by atoms with E-state index in [1.807, 2.05) is 0 Å². The number of carboxylic acid groups (broad SMARTS) is 2. The summed E-state index contributed by atoms with van der Waals surface area (Å²) < 4.78 is 0. The monoisotopic (exact) mass is 277 g/mol. The highest BCUT2D eigenvalue weighted by atomic mass is 16.4. The van der Waals surface area contributed by atoms with Crippen LogP contribution in [-0.2, 0) is 9.59 Å². The Kier molecular flexibility index (Phi) is 9.06. The van der Waals surface area contributed by atoms with E-state index >= 15 is 0 Å². The van der Waals surface area contributed by atoms with Crippen molar-refractivity contribution in [3.05, 3.63) is 0 Å². The van der Waals surface area contributed by atoms with E-state index in [1.54, 1.807) is 0 Å². The molecule has 0 amide bonds. The summed E-state index contributed by atoms with van der Waals surface area (Å²) in [6.45, 7) is 1.00. The van der Waals surface area contributed by atoms with Crippen LogP contribution < -0.4 is 16.8 Å². The zero-order valence-electron chi connectivity index (χ0n) is 10.8. The van der Waals surface area contributed by atoms with Gasteiger partial charge in [0.2, 0.25) is 0 Å². The molecule has 3 atom stereocenters. The van der Waals surface area contributed by atoms with Gasteiger partial charge in [0.1, 0.15) is 12.1 Å². The zero-order chi connectivity index (χ0) is 14.8. The van der Waals surface area contributed by atoms with Crippen molar-refractivity contribution in [2.75, 3.05) is 13.1 Å². The van der Waals surface area contributed by atoms with Gasteiger partial charge in [-0.25, -0.2) is 0 Å². The third kappa shape index (κ3) is 8.49. The molecule has 0 spiro atoms. The summed E-state index contributed by atoms with van der Waals surface area (Å²) in [4.78, 5) is 20.3. The topological polar surface area (TPSA) is 159 Å². The van der Waals surface area contributed by atoms with Crippen molar-refractivity contribution < 1.29 is 24.9 Å². The predicted molar refractivity (Wildman–Crippen MR) is 68.6 cm³/mol. The van der Waals surface area contributed by atoms with Gasteiger partial charge in [0.15, 0.2) is 0 Å². The van der Waals surface area contributed by atoms with Crippen LogP contribution in [0.5, 0.6) is 0 Å². The van der Waals surface area contributed by atoms with Gasteiger partial charge in [-0.1, -0.05) is 6.42 Å². The molecule has 1 saturated heterocycles. The average molecular weight is 277 g/mol. The molecule has 1 rings (SSSR count). The van der Waals surface area contributed by atoms with Crippen LogP contribution in [0.2, 0.25) is 0 Å². The largest absolute Gasteiger partial charge is 0.480 e. The van der Waals surface area contributed by atoms with Crippen molar-refractivity contribution in [1.82, 2.24) is 5.32 Å². The summed E-state index contributed by atoms with van der Waals surface area (Å²) in [5.41, 5.74) is 10.4. The summed E-state index contributed by atoms with van der Waals surface area (Å²) in [5, 5.41) is 28.2. The summed E-state index contributed by atoms with van der Waals surface area (Å²) in [6, 6.07) is -1.26. The second kappa shape index (κ2) is 9.68. The molecule has 8 heteroatoms. The molecule has 0 bridgehead atoms. The van der Waals surface area contributed by atoms with Gasteiger partial charge in [-0.3, -0.25) is 9.59 Å². The number of rotatable bonds is 6. The van der Waals surface area contributed by atoms with E-state index in [0.29, 0.717) is 25.9 Å². The number of hydrogen-bond acceptors (Lipinski definition) is 6. The van der Waals surface area contributed by atoms with Gasteiger partial charge < -0.3 is 32.1 Å². The Balaban J connectivity index is 0.000000342. The van der Waals surface area contributed by atoms with E-state index in [0.717, 1.165) is 12.8 Å². The molecule has 8 N–H and O–H groups in total. The lowest BCUT2D eigenvalue weighted by molar-refractivity contribution is -0.139. The molecule has 0 aliphatic carbocycles. The van der Waals surface area contributed by atoms with Crippen molar-refractivity contribution in [2.45, 2.75) is 43.9 Å². The minimum absolute atomic E-state index is 0.329. The number of unbranched alkanes of at least 4 members (excludes halogenated alkanes) is 1. The second-order valence-corrected chi connectivity index (χ2v) is 4.42. The number of hydrogen-bond donors (Lipinski definition) is 6. The van der Waals surface area contributed by atoms with Gasteiger partial charge >= 0.3 is 11.9 Å². The second-order valence-electron chi connectivity index (χ2n) is 4.42. The highest BCUT2D eigenvalue weighted by molar-refractivity contribution is 5.74. The van der Waals surface area contributed by atoms with Crippen molar-refractivity contribution >= 4 is 11.9 Å². The molecule has 0 saturated carbocycles. The predicted octanol–water partition coefficient (Wildman–Crippen LogP) is -1.68. The number of aliphatic hydroxyl groups excluding tert-OH is 1. The number of β-amino-alcohol motifs (C(OH)–C–C–N with tert-alkyl or cyclic N) is 1. The lowest BCUT2D eigenvalue weighted by Crippen LogP contribution is -2.29. The van der Waals surface area contributed by atoms with Crippen LogP contribution in [0.1, 0.15) is 25.7 Å². The van der Waals surface area contributed by atoms with E-state index in [9.17, 15) is 9.59 Å². The Morgan fingerprint density at radius 1 is 1.32 bits per heavy atom. The first-order valence-electron chi connectivity index (χ1n) is 6.21. The van der Waals surface area contributed by atoms with Gasteiger partial charge in [0, 0.05) is 13.0 Å². The number of aliphatic carboxylic acids is 2. The van der Waals surface area contributed by atoms with Crippen molar-refractivity contribution in [1.29, 1.82) is 0 Å². The maximum Gasteiger partial charge on any atom is 0.320 e. The first kappa shape index (κ1) is 17.8. The number of carbonyl (C=O) groups is 2. The van der Waals surface area contributed by atoms with Gasteiger partial charge in [-0.2, -0.15) is 0 Å². The molecule has 1 fully saturated rings. The normalized spacial score (nSPS) is 23.3. The summed E-state index contributed by atoms with van der Waals surface area (Å²) in [7, 11) is 0. The Labute approximate surface area is 111 Å². The fourth-order valence-corrected chi connectivity index (χ4v) is 1.54. The number of carboxylic acids is 2. The highest BCUT2D eigenvalue weighted by Crippen LogP contribution is 2.05. The van der Waals surface area contributed by atoms with Crippen molar-refractivity contribution in [2.24, 2.45) is 11.5 Å². The third-order valence-electron chi connectivity index (χ3n) is 2.69. The van der Waals surface area contributed by atoms with Crippen LogP contribution in [-0.4, -0.2) is 58.5 Å². The number of nitrogens with one attached hydrogen (secondary N) is 1. The number of nitrogens with two attached hydrogens (primary N) is 2. The van der Waals surface area contributed by atoms with Crippen LogP contribution in [0.4, 0.5) is 0 Å². The van der Waals surface area contributed by atoms with E-state index in [4.69, 9.17) is 26.8 Å². The van der Waals surface area contributed by atoms with E-state index in [-0.39, 0.29) is 0 Å². The van der Waals surface area contributed by atoms with Crippen molar-refractivity contribution in [3.8, 4) is 0 Å². The Morgan fingerprint density at radius 3 is 2.26 bits per heavy atom. The smallest absolute Gasteiger partial charge is 0.320 e. The summed E-state index contributed by atoms with van der Waals surface area (Å²) >= 11 is 0. The van der Waals surface area contributed by atoms with Crippen LogP contribution in [0.15, 0.2) is 0 Å². The molecule has 0 radical (unpaired) electrons. The van der Waals surface area contributed by atoms with Gasteiger partial charge in [-0.15, -0.1) is 0 Å². The lowest BCUT2D eigenvalue weighted by atomic mass is 10.1. The molecule has 1 aliphatic rings. The summed E-state index contributed by atoms with van der Waals surface area (Å²) in [5.74, 6) is -1.82. The van der Waals surface area contributed by atoms with Crippen molar-refractivity contribution in [3.63, 3.8) is 0 Å². The molecule has 19 heavy (non-hydrogen) atoms. The molecular weight excluding hydrogens is 254 g/mol. The SMILES string of the molecule is NCCCC[C@H](N)C(=O)O.O=C(O)[C@@H]1C[C@@H](O)CN1. The Morgan fingerprint density at radius 2 is 1.95 bits per heavy atom. The number of aliphatic hydroxyl groups is 1. The maximum absolute atomic E-state index is 10.2. The Bertz CT molecular complexity index is 288. The quantitative estimate of drug-likeness (QED) is 0.314. The molecule has 1 heterocycles. The van der Waals surface area contributed by atoms with Gasteiger partial charge in [0.05, 0.1) is 6.10 Å². The molecule has 1 aliphatic heterocycles. The first-order chi connectivity index (χ1) is 8.88. The fourth-order valence-electron chi connectivity index (χ4n) is 1.54. The standard InChI is InChI=1S/C6H14N2O2.C5H9NO3/c7-4-2-1-3-5(8)6(9)10;7-3-1-4(5(8)9)6-2-3/h5H,1-4,7-8H2,(H,9,10);3-4,6-7H,1-2H2,(H,8,9)/t5-;3-,4+/m01/s1. The molecular formula is C11H23N3O5. The maximum atomic E-state index is 10.2. The van der Waals surface area contributed by atoms with E-state index < -0.39 is 30.1 Å². The zero-order valence-corrected chi connectivity index (χ0v) is 10.8. The molecule has 112 valence electrons. The molecule has 0 aromatic carbocycles. The van der Waals surface area contributed by atoms with Crippen LogP contribution in [0, 0.1) is 0 Å². The molecule has 0 unspecified atom stereocenters. The van der Waals surface area contributed by atoms with Crippen LogP contribution in [0.25, 0.3) is 0 Å². The average Bonchev–Trinajstić information content (AvgIpc) is 2.77. The van der Waals surface area contributed by atoms with Crippen LogP contribution in [0.3, 0.4) is 0 Å². The summed E-state index contributed by atoms with van der Waals surface area (Å²) in [6.07, 6.45) is 2.01. The highest BCUT2D eigenvalue weighted by Gasteiger charge is 2.27. The molecule has 0 aromatic heterocycles. The molecule has 8 nitrogen and oxygen atoms in total. The van der Waals surface area contributed by atoms with Crippen LogP contribution >= 0.6 is 0 Å². The van der Waals surface area contributed by atoms with E-state index in [2.05, 4.69) is 5.32 Å². The Hall–Kier alpha value is -1.22. The first-order valence-corrected chi connectivity index (χ1v) is 6.21. The minimum Gasteiger partial charge on any atom is -0.480 e.